The summed E-state index contributed by atoms with van der Waals surface area (Å²) in [5.74, 6) is 0.813. The van der Waals surface area contributed by atoms with Crippen molar-refractivity contribution < 1.29 is 4.79 Å². The molecule has 1 aliphatic rings. The van der Waals surface area contributed by atoms with Gasteiger partial charge in [-0.05, 0) is 66.9 Å². The molecule has 0 saturated carbocycles. The second-order valence-corrected chi connectivity index (χ2v) is 7.91. The topological polar surface area (TPSA) is 32.3 Å². The maximum Gasteiger partial charge on any atom is 0.254 e. The lowest BCUT2D eigenvalue weighted by atomic mass is 9.99. The van der Waals surface area contributed by atoms with Crippen LogP contribution in [-0.2, 0) is 0 Å². The van der Waals surface area contributed by atoms with E-state index in [0.29, 0.717) is 5.92 Å². The van der Waals surface area contributed by atoms with E-state index in [9.17, 15) is 4.79 Å². The highest BCUT2D eigenvalue weighted by Crippen LogP contribution is 2.20. The van der Waals surface area contributed by atoms with Crippen molar-refractivity contribution in [2.75, 3.05) is 26.2 Å². The van der Waals surface area contributed by atoms with Crippen molar-refractivity contribution in [1.82, 2.24) is 10.2 Å². The van der Waals surface area contributed by atoms with Crippen LogP contribution >= 0.6 is 33.9 Å². The van der Waals surface area contributed by atoms with Gasteiger partial charge >= 0.3 is 0 Å². The summed E-state index contributed by atoms with van der Waals surface area (Å²) in [4.78, 5) is 14.6. The third-order valence-electron chi connectivity index (χ3n) is 3.47. The molecule has 1 aliphatic heterocycles. The standard InChI is InChI=1S/C14H21IN2OS/c1-2-6-17(9-11-4-3-5-16-8-11)14(18)12-7-13(15)19-10-12/h7,10-11,16H,2-6,8-9H2,1H3. The van der Waals surface area contributed by atoms with Crippen molar-refractivity contribution >= 4 is 39.8 Å². The molecule has 1 atom stereocenters. The number of amides is 1. The molecule has 2 rings (SSSR count). The highest BCUT2D eigenvalue weighted by atomic mass is 127. The molecule has 1 fully saturated rings. The number of carbonyl (C=O) groups excluding carboxylic acids is 1. The molecule has 0 bridgehead atoms. The summed E-state index contributed by atoms with van der Waals surface area (Å²) >= 11 is 3.91. The van der Waals surface area contributed by atoms with Crippen LogP contribution in [0.1, 0.15) is 36.5 Å². The lowest BCUT2D eigenvalue weighted by Crippen LogP contribution is -2.41. The monoisotopic (exact) mass is 392 g/mol. The molecule has 19 heavy (non-hydrogen) atoms. The Hall–Kier alpha value is -0.140. The fraction of sp³-hybridized carbons (Fsp3) is 0.643. The summed E-state index contributed by atoms with van der Waals surface area (Å²) in [6.07, 6.45) is 3.49. The molecule has 0 aromatic carbocycles. The Morgan fingerprint density at radius 3 is 3.05 bits per heavy atom. The lowest BCUT2D eigenvalue weighted by Gasteiger charge is -2.30. The molecule has 0 spiro atoms. The Labute approximate surface area is 132 Å². The maximum atomic E-state index is 12.5. The van der Waals surface area contributed by atoms with Crippen LogP contribution in [0.2, 0.25) is 0 Å². The van der Waals surface area contributed by atoms with E-state index in [0.717, 1.165) is 38.2 Å². The van der Waals surface area contributed by atoms with Crippen LogP contribution in [0.5, 0.6) is 0 Å². The first-order valence-electron chi connectivity index (χ1n) is 6.94. The number of piperidine rings is 1. The number of nitrogens with one attached hydrogen (secondary N) is 1. The zero-order chi connectivity index (χ0) is 13.7. The lowest BCUT2D eigenvalue weighted by molar-refractivity contribution is 0.0719. The van der Waals surface area contributed by atoms with Crippen LogP contribution in [0, 0.1) is 8.80 Å². The van der Waals surface area contributed by atoms with Gasteiger partial charge in [-0.15, -0.1) is 11.3 Å². The van der Waals surface area contributed by atoms with E-state index < -0.39 is 0 Å². The molecule has 5 heteroatoms. The highest BCUT2D eigenvalue weighted by molar-refractivity contribution is 14.1. The van der Waals surface area contributed by atoms with Gasteiger partial charge in [0.2, 0.25) is 0 Å². The van der Waals surface area contributed by atoms with E-state index in [-0.39, 0.29) is 5.91 Å². The highest BCUT2D eigenvalue weighted by Gasteiger charge is 2.21. The van der Waals surface area contributed by atoms with Crippen LogP contribution in [0.25, 0.3) is 0 Å². The summed E-state index contributed by atoms with van der Waals surface area (Å²) < 4.78 is 1.18. The minimum Gasteiger partial charge on any atom is -0.338 e. The van der Waals surface area contributed by atoms with E-state index >= 15 is 0 Å². The van der Waals surface area contributed by atoms with Crippen molar-refractivity contribution in [3.8, 4) is 0 Å². The zero-order valence-corrected chi connectivity index (χ0v) is 14.3. The van der Waals surface area contributed by atoms with E-state index in [1.807, 2.05) is 16.3 Å². The van der Waals surface area contributed by atoms with Crippen LogP contribution in [0.3, 0.4) is 0 Å². The predicted molar refractivity (Wildman–Crippen MR) is 88.8 cm³/mol. The van der Waals surface area contributed by atoms with Crippen molar-refractivity contribution in [3.63, 3.8) is 0 Å². The number of rotatable bonds is 5. The molecule has 1 unspecified atom stereocenters. The van der Waals surface area contributed by atoms with Gasteiger partial charge in [0, 0.05) is 18.5 Å². The van der Waals surface area contributed by atoms with Gasteiger partial charge in [0.1, 0.15) is 0 Å². The van der Waals surface area contributed by atoms with Gasteiger partial charge in [-0.1, -0.05) is 6.92 Å². The quantitative estimate of drug-likeness (QED) is 0.781. The van der Waals surface area contributed by atoms with E-state index in [4.69, 9.17) is 0 Å². The van der Waals surface area contributed by atoms with Gasteiger partial charge in [-0.25, -0.2) is 0 Å². The van der Waals surface area contributed by atoms with Gasteiger partial charge in [-0.3, -0.25) is 4.79 Å². The van der Waals surface area contributed by atoms with Crippen LogP contribution < -0.4 is 5.32 Å². The smallest absolute Gasteiger partial charge is 0.254 e. The maximum absolute atomic E-state index is 12.5. The zero-order valence-electron chi connectivity index (χ0n) is 11.3. The fourth-order valence-corrected chi connectivity index (χ4v) is 3.86. The third kappa shape index (κ3) is 4.43. The van der Waals surface area contributed by atoms with Gasteiger partial charge in [0.15, 0.2) is 0 Å². The van der Waals surface area contributed by atoms with Crippen LogP contribution in [0.15, 0.2) is 11.4 Å². The largest absolute Gasteiger partial charge is 0.338 e. The minimum absolute atomic E-state index is 0.201. The molecule has 1 aromatic heterocycles. The molecule has 106 valence electrons. The van der Waals surface area contributed by atoms with Crippen molar-refractivity contribution in [2.24, 2.45) is 5.92 Å². The Bertz CT molecular complexity index is 415. The molecule has 3 nitrogen and oxygen atoms in total. The number of thiophene rings is 1. The van der Waals surface area contributed by atoms with Crippen molar-refractivity contribution in [3.05, 3.63) is 19.9 Å². The average Bonchev–Trinajstić information content (AvgIpc) is 2.85. The first-order chi connectivity index (χ1) is 9.20. The van der Waals surface area contributed by atoms with E-state index in [1.165, 1.54) is 15.7 Å². The number of halogens is 1. The van der Waals surface area contributed by atoms with Gasteiger partial charge < -0.3 is 10.2 Å². The second-order valence-electron chi connectivity index (χ2n) is 5.10. The molecule has 1 saturated heterocycles. The summed E-state index contributed by atoms with van der Waals surface area (Å²) in [6.45, 7) is 6.07. The first kappa shape index (κ1) is 15.3. The Morgan fingerprint density at radius 2 is 2.47 bits per heavy atom. The summed E-state index contributed by atoms with van der Waals surface area (Å²) in [5.41, 5.74) is 0.853. The Balaban J connectivity index is 1.99. The number of carbonyl (C=O) groups is 1. The van der Waals surface area contributed by atoms with Crippen LogP contribution in [0.4, 0.5) is 0 Å². The van der Waals surface area contributed by atoms with Crippen molar-refractivity contribution in [1.29, 1.82) is 0 Å². The molecule has 0 radical (unpaired) electrons. The Kier molecular flexibility index (Phi) is 6.09. The molecule has 1 amide bonds. The SMILES string of the molecule is CCCN(CC1CCCNC1)C(=O)c1csc(I)c1. The third-order valence-corrected chi connectivity index (χ3v) is 5.26. The predicted octanol–water partition coefficient (Wildman–Crippen LogP) is 3.20. The first-order valence-corrected chi connectivity index (χ1v) is 8.90. The molecule has 0 aliphatic carbocycles. The summed E-state index contributed by atoms with van der Waals surface area (Å²) in [5, 5.41) is 5.41. The molecule has 2 heterocycles. The van der Waals surface area contributed by atoms with Gasteiger partial charge in [0.05, 0.1) is 8.45 Å². The summed E-state index contributed by atoms with van der Waals surface area (Å²) in [6, 6.07) is 2.00. The molecule has 1 N–H and O–H groups in total. The molecule has 1 aromatic rings. The normalized spacial score (nSPS) is 19.4. The molecular formula is C14H21IN2OS. The Morgan fingerprint density at radius 1 is 1.63 bits per heavy atom. The average molecular weight is 392 g/mol. The number of hydrogen-bond acceptors (Lipinski definition) is 3. The van der Waals surface area contributed by atoms with Gasteiger partial charge in [-0.2, -0.15) is 0 Å². The second kappa shape index (κ2) is 7.59. The van der Waals surface area contributed by atoms with E-state index in [1.54, 1.807) is 11.3 Å². The number of nitrogens with zero attached hydrogens (tertiary/aromatic N) is 1. The fourth-order valence-electron chi connectivity index (χ4n) is 2.54. The van der Waals surface area contributed by atoms with Crippen molar-refractivity contribution in [2.45, 2.75) is 26.2 Å². The van der Waals surface area contributed by atoms with Gasteiger partial charge in [0.25, 0.3) is 5.91 Å². The van der Waals surface area contributed by atoms with E-state index in [2.05, 4.69) is 34.8 Å². The van der Waals surface area contributed by atoms with Crippen LogP contribution in [-0.4, -0.2) is 37.0 Å². The summed E-state index contributed by atoms with van der Waals surface area (Å²) in [7, 11) is 0. The number of hydrogen-bond donors (Lipinski definition) is 1. The minimum atomic E-state index is 0.201. The molecular weight excluding hydrogens is 371 g/mol.